The Bertz CT molecular complexity index is 1790. The van der Waals surface area contributed by atoms with Crippen LogP contribution < -0.4 is 9.47 Å². The molecule has 214 valence electrons. The second-order valence-corrected chi connectivity index (χ2v) is 8.48. The molecule has 0 saturated carbocycles. The predicted molar refractivity (Wildman–Crippen MR) is 124 cm³/mol. The minimum atomic E-state index is -2.48. The monoisotopic (exact) mass is 598 g/mol. The van der Waals surface area contributed by atoms with Gasteiger partial charge in [0.25, 0.3) is 0 Å². The van der Waals surface area contributed by atoms with Crippen molar-refractivity contribution in [3.05, 3.63) is 118 Å². The molecule has 42 heavy (non-hydrogen) atoms. The van der Waals surface area contributed by atoms with Gasteiger partial charge in [-0.25, -0.2) is 53.5 Å². The molecule has 0 aliphatic rings. The van der Waals surface area contributed by atoms with Gasteiger partial charge in [-0.2, -0.15) is 0 Å². The van der Waals surface area contributed by atoms with Crippen LogP contribution in [0.15, 0.2) is 48.5 Å². The number of rotatable bonds is 4. The van der Waals surface area contributed by atoms with Gasteiger partial charge in [0.2, 0.25) is 11.6 Å². The number of hydrogen-bond donors (Lipinski definition) is 0. The highest BCUT2D eigenvalue weighted by Crippen LogP contribution is 2.36. The lowest BCUT2D eigenvalue weighted by Gasteiger charge is -2.13. The maximum atomic E-state index is 14.1. The van der Waals surface area contributed by atoms with Gasteiger partial charge in [-0.3, -0.25) is 0 Å². The highest BCUT2D eigenvalue weighted by molar-refractivity contribution is 6.05. The molecule has 0 N–H and O–H groups in total. The van der Waals surface area contributed by atoms with Gasteiger partial charge in [0, 0.05) is 10.8 Å². The summed E-state index contributed by atoms with van der Waals surface area (Å²) in [6, 6.07) is 10.1. The van der Waals surface area contributed by atoms with E-state index in [1.165, 1.54) is 36.4 Å². The number of carbonyl (C=O) groups excluding carboxylic acids is 2. The number of carbonyl (C=O) groups is 2. The molecule has 0 aliphatic carbocycles. The first-order valence-corrected chi connectivity index (χ1v) is 11.3. The predicted octanol–water partition coefficient (Wildman–Crippen LogP) is 7.82. The first kappa shape index (κ1) is 28.4. The summed E-state index contributed by atoms with van der Waals surface area (Å²) in [5.74, 6) is -28.7. The van der Waals surface area contributed by atoms with Crippen molar-refractivity contribution >= 4 is 33.5 Å². The van der Waals surface area contributed by atoms with E-state index in [0.29, 0.717) is 0 Å². The van der Waals surface area contributed by atoms with E-state index in [0.717, 1.165) is 12.1 Å². The van der Waals surface area contributed by atoms with E-state index in [-0.39, 0.29) is 21.5 Å². The molecule has 0 amide bonds. The zero-order valence-corrected chi connectivity index (χ0v) is 20.0. The molecule has 4 nitrogen and oxygen atoms in total. The van der Waals surface area contributed by atoms with Crippen LogP contribution in [0.5, 0.6) is 11.5 Å². The van der Waals surface area contributed by atoms with Crippen LogP contribution in [0.1, 0.15) is 20.7 Å². The Labute approximate surface area is 226 Å². The van der Waals surface area contributed by atoms with Crippen LogP contribution in [0.2, 0.25) is 0 Å². The van der Waals surface area contributed by atoms with E-state index in [2.05, 4.69) is 0 Å². The molecule has 0 aliphatic heterocycles. The number of benzene rings is 5. The van der Waals surface area contributed by atoms with E-state index in [9.17, 15) is 53.5 Å². The quantitative estimate of drug-likeness (QED) is 0.0529. The first-order chi connectivity index (χ1) is 19.8. The van der Waals surface area contributed by atoms with E-state index >= 15 is 0 Å². The molecule has 0 aromatic heterocycles. The van der Waals surface area contributed by atoms with E-state index in [1.807, 2.05) is 0 Å². The molecular weight excluding hydrogens is 590 g/mol. The van der Waals surface area contributed by atoms with Gasteiger partial charge >= 0.3 is 11.9 Å². The third-order valence-electron chi connectivity index (χ3n) is 6.03. The van der Waals surface area contributed by atoms with Gasteiger partial charge < -0.3 is 9.47 Å². The molecule has 5 rings (SSSR count). The largest absolute Gasteiger partial charge is 0.422 e. The summed E-state index contributed by atoms with van der Waals surface area (Å²) in [6.45, 7) is 0. The average molecular weight is 598 g/mol. The second kappa shape index (κ2) is 10.4. The fraction of sp³-hybridized carbons (Fsp3) is 0. The van der Waals surface area contributed by atoms with Crippen molar-refractivity contribution in [3.63, 3.8) is 0 Å². The zero-order valence-electron chi connectivity index (χ0n) is 20.0. The van der Waals surface area contributed by atoms with Crippen LogP contribution in [0.4, 0.5) is 43.9 Å². The van der Waals surface area contributed by atoms with E-state index in [1.54, 1.807) is 0 Å². The molecule has 0 heterocycles. The maximum absolute atomic E-state index is 14.1. The number of hydrogen-bond acceptors (Lipinski definition) is 4. The lowest BCUT2D eigenvalue weighted by molar-refractivity contribution is 0.0713. The summed E-state index contributed by atoms with van der Waals surface area (Å²) in [4.78, 5) is 24.9. The van der Waals surface area contributed by atoms with Crippen LogP contribution in [-0.4, -0.2) is 11.9 Å². The number of fused-ring (bicyclic) bond motifs is 2. The molecule has 0 bridgehead atoms. The van der Waals surface area contributed by atoms with Crippen LogP contribution in [0, 0.1) is 58.2 Å². The molecule has 5 aromatic carbocycles. The normalized spacial score (nSPS) is 11.3. The highest BCUT2D eigenvalue weighted by Gasteiger charge is 2.32. The molecule has 0 unspecified atom stereocenters. The third-order valence-corrected chi connectivity index (χ3v) is 6.03. The maximum Gasteiger partial charge on any atom is 0.349 e. The molecule has 0 radical (unpaired) electrons. The second-order valence-electron chi connectivity index (χ2n) is 8.48. The van der Waals surface area contributed by atoms with Crippen LogP contribution in [0.3, 0.4) is 0 Å². The number of esters is 2. The van der Waals surface area contributed by atoms with Crippen LogP contribution in [0.25, 0.3) is 21.5 Å². The van der Waals surface area contributed by atoms with Gasteiger partial charge in [0.15, 0.2) is 46.5 Å². The van der Waals surface area contributed by atoms with Crippen molar-refractivity contribution in [3.8, 4) is 11.5 Å². The lowest BCUT2D eigenvalue weighted by atomic mass is 10.0. The zero-order chi connectivity index (χ0) is 30.6. The average Bonchev–Trinajstić information content (AvgIpc) is 2.96. The Morgan fingerprint density at radius 1 is 0.429 bits per heavy atom. The van der Waals surface area contributed by atoms with Crippen molar-refractivity contribution in [2.24, 2.45) is 0 Å². The summed E-state index contributed by atoms with van der Waals surface area (Å²) >= 11 is 0. The Balaban J connectivity index is 1.55. The first-order valence-electron chi connectivity index (χ1n) is 11.3. The third kappa shape index (κ3) is 4.44. The summed E-state index contributed by atoms with van der Waals surface area (Å²) in [6.07, 6.45) is 0. The van der Waals surface area contributed by atoms with Crippen molar-refractivity contribution < 1.29 is 63.0 Å². The number of halogens is 10. The standard InChI is InChI=1S/C28H8F10O4/c29-17-15(18(30)22(34)25(37)21(17)33)27(39)41-13-5-1-3-9-7-12-10(8-11(9)13)4-2-6-14(12)42-28(40)16-19(31)23(35)26(38)24(36)20(16)32/h1-8H. The van der Waals surface area contributed by atoms with Crippen molar-refractivity contribution in [1.82, 2.24) is 0 Å². The SMILES string of the molecule is O=C(Oc1cccc2cc3c(OC(=O)c4c(F)c(F)c(F)c(F)c4F)cccc3cc12)c1c(F)c(F)c(F)c(F)c1F. The number of ether oxygens (including phenoxy) is 2. The van der Waals surface area contributed by atoms with Gasteiger partial charge in [0.05, 0.1) is 0 Å². The van der Waals surface area contributed by atoms with E-state index < -0.39 is 92.7 Å². The van der Waals surface area contributed by atoms with Crippen molar-refractivity contribution in [1.29, 1.82) is 0 Å². The van der Waals surface area contributed by atoms with E-state index in [4.69, 9.17) is 9.47 Å². The van der Waals surface area contributed by atoms with Crippen LogP contribution in [-0.2, 0) is 0 Å². The highest BCUT2D eigenvalue weighted by atomic mass is 19.2. The smallest absolute Gasteiger partial charge is 0.349 e. The van der Waals surface area contributed by atoms with Gasteiger partial charge in [0.1, 0.15) is 22.6 Å². The Morgan fingerprint density at radius 3 is 1.02 bits per heavy atom. The molecular formula is C28H8F10O4. The Morgan fingerprint density at radius 2 is 0.714 bits per heavy atom. The topological polar surface area (TPSA) is 52.6 Å². The van der Waals surface area contributed by atoms with Crippen molar-refractivity contribution in [2.45, 2.75) is 0 Å². The molecule has 0 spiro atoms. The summed E-state index contributed by atoms with van der Waals surface area (Å²) < 4.78 is 147. The van der Waals surface area contributed by atoms with Gasteiger partial charge in [-0.05, 0) is 35.0 Å². The fourth-order valence-electron chi connectivity index (χ4n) is 4.04. The summed E-state index contributed by atoms with van der Waals surface area (Å²) in [7, 11) is 0. The molecule has 5 aromatic rings. The molecule has 0 fully saturated rings. The Hall–Kier alpha value is -5.14. The van der Waals surface area contributed by atoms with Crippen molar-refractivity contribution in [2.75, 3.05) is 0 Å². The molecule has 0 atom stereocenters. The summed E-state index contributed by atoms with van der Waals surface area (Å²) in [5, 5.41) is 0.436. The van der Waals surface area contributed by atoms with Crippen LogP contribution >= 0.6 is 0 Å². The minimum absolute atomic E-state index is 0.0467. The van der Waals surface area contributed by atoms with Gasteiger partial charge in [-0.1, -0.05) is 24.3 Å². The van der Waals surface area contributed by atoms with Gasteiger partial charge in [-0.15, -0.1) is 0 Å². The Kier molecular flexibility index (Phi) is 7.00. The molecule has 14 heteroatoms. The lowest BCUT2D eigenvalue weighted by Crippen LogP contribution is -2.17. The fourth-order valence-corrected chi connectivity index (χ4v) is 4.04. The minimum Gasteiger partial charge on any atom is -0.422 e. The summed E-state index contributed by atoms with van der Waals surface area (Å²) in [5.41, 5.74) is -3.68. The molecule has 0 saturated heterocycles.